The van der Waals surface area contributed by atoms with E-state index in [1.807, 2.05) is 64.1 Å². The van der Waals surface area contributed by atoms with Crippen LogP contribution in [0.4, 0.5) is 5.69 Å². The zero-order chi connectivity index (χ0) is 30.3. The van der Waals surface area contributed by atoms with Crippen molar-refractivity contribution in [2.24, 2.45) is 0 Å². The number of carbonyl (C=O) groups excluding carboxylic acids is 2. The van der Waals surface area contributed by atoms with E-state index in [1.54, 1.807) is 41.3 Å². The van der Waals surface area contributed by atoms with E-state index >= 15 is 0 Å². The topological polar surface area (TPSA) is 86.8 Å². The molecule has 1 N–H and O–H groups in total. The fraction of sp³-hybridized carbons (Fsp3) is 0.412. The predicted molar refractivity (Wildman–Crippen MR) is 168 cm³/mol. The van der Waals surface area contributed by atoms with Crippen LogP contribution < -0.4 is 9.62 Å². The number of rotatable bonds is 11. The minimum atomic E-state index is -4.10. The smallest absolute Gasteiger partial charge is 0.264 e. The number of hydrogen-bond acceptors (Lipinski definition) is 4. The van der Waals surface area contributed by atoms with Crippen molar-refractivity contribution in [1.29, 1.82) is 0 Å². The molecule has 7 nitrogen and oxygen atoms in total. The second-order valence-corrected chi connectivity index (χ2v) is 13.2. The molecule has 3 aromatic rings. The van der Waals surface area contributed by atoms with Crippen LogP contribution in [0.1, 0.15) is 67.7 Å². The first kappa shape index (κ1) is 31.3. The summed E-state index contributed by atoms with van der Waals surface area (Å²) >= 11 is 0. The van der Waals surface area contributed by atoms with Crippen LogP contribution in [0.5, 0.6) is 0 Å². The van der Waals surface area contributed by atoms with Crippen LogP contribution in [0.3, 0.4) is 0 Å². The molecule has 3 aromatic carbocycles. The third-order valence-corrected chi connectivity index (χ3v) is 10.0. The molecule has 1 fully saturated rings. The van der Waals surface area contributed by atoms with E-state index in [0.29, 0.717) is 12.1 Å². The summed E-state index contributed by atoms with van der Waals surface area (Å²) in [7, 11) is -4.10. The van der Waals surface area contributed by atoms with Gasteiger partial charge in [-0.3, -0.25) is 13.9 Å². The summed E-state index contributed by atoms with van der Waals surface area (Å²) in [6.45, 7) is 7.33. The lowest BCUT2D eigenvalue weighted by Gasteiger charge is -2.35. The number of nitrogens with one attached hydrogen (secondary N) is 1. The molecule has 1 aliphatic rings. The van der Waals surface area contributed by atoms with Gasteiger partial charge in [0.25, 0.3) is 10.0 Å². The van der Waals surface area contributed by atoms with E-state index in [4.69, 9.17) is 0 Å². The van der Waals surface area contributed by atoms with Crippen LogP contribution in [-0.2, 0) is 26.2 Å². The van der Waals surface area contributed by atoms with Gasteiger partial charge in [-0.15, -0.1) is 0 Å². The molecule has 0 spiro atoms. The van der Waals surface area contributed by atoms with Crippen LogP contribution in [0.2, 0.25) is 0 Å². The standard InChI is InChI=1S/C34H43N3O4S/c1-5-31(34(39)35-29-16-10-7-11-17-29)36(23-28-14-8-6-9-15-28)33(38)24-37(32-18-12-13-26(3)27(32)4)42(40,41)30-21-19-25(2)20-22-30/h6,8-9,12-15,18-22,29,31H,5,7,10-11,16-17,23-24H2,1-4H3,(H,35,39). The summed E-state index contributed by atoms with van der Waals surface area (Å²) < 4.78 is 29.5. The average Bonchev–Trinajstić information content (AvgIpc) is 2.98. The molecule has 8 heteroatoms. The van der Waals surface area contributed by atoms with Crippen LogP contribution in [0, 0.1) is 20.8 Å². The lowest BCUT2D eigenvalue weighted by molar-refractivity contribution is -0.140. The molecule has 0 radical (unpaired) electrons. The molecule has 1 saturated carbocycles. The van der Waals surface area contributed by atoms with E-state index in [0.717, 1.165) is 47.9 Å². The summed E-state index contributed by atoms with van der Waals surface area (Å²) in [4.78, 5) is 29.6. The monoisotopic (exact) mass is 589 g/mol. The van der Waals surface area contributed by atoms with Crippen molar-refractivity contribution in [2.45, 2.75) is 89.7 Å². The second kappa shape index (κ2) is 14.0. The first-order valence-electron chi connectivity index (χ1n) is 14.9. The van der Waals surface area contributed by atoms with Gasteiger partial charge in [0.1, 0.15) is 12.6 Å². The van der Waals surface area contributed by atoms with E-state index in [1.165, 1.54) is 10.7 Å². The van der Waals surface area contributed by atoms with Crippen LogP contribution in [0.25, 0.3) is 0 Å². The summed E-state index contributed by atoms with van der Waals surface area (Å²) in [5.41, 5.74) is 3.95. The summed E-state index contributed by atoms with van der Waals surface area (Å²) in [6.07, 6.45) is 5.61. The molecule has 42 heavy (non-hydrogen) atoms. The molecule has 0 bridgehead atoms. The minimum absolute atomic E-state index is 0.0994. The Balaban J connectivity index is 1.72. The highest BCUT2D eigenvalue weighted by molar-refractivity contribution is 7.92. The van der Waals surface area contributed by atoms with Crippen LogP contribution in [-0.4, -0.2) is 43.8 Å². The van der Waals surface area contributed by atoms with Crippen molar-refractivity contribution in [2.75, 3.05) is 10.8 Å². The summed E-state index contributed by atoms with van der Waals surface area (Å²) in [5, 5.41) is 3.19. The number of anilines is 1. The highest BCUT2D eigenvalue weighted by Gasteiger charge is 2.35. The summed E-state index contributed by atoms with van der Waals surface area (Å²) in [6, 6.07) is 21.0. The van der Waals surface area contributed by atoms with E-state index in [9.17, 15) is 18.0 Å². The molecule has 0 aliphatic heterocycles. The molecule has 0 heterocycles. The van der Waals surface area contributed by atoms with Gasteiger partial charge < -0.3 is 10.2 Å². The Bertz CT molecular complexity index is 1470. The van der Waals surface area contributed by atoms with Crippen molar-refractivity contribution in [3.05, 3.63) is 95.1 Å². The van der Waals surface area contributed by atoms with E-state index < -0.39 is 28.5 Å². The number of sulfonamides is 1. The van der Waals surface area contributed by atoms with Crippen molar-refractivity contribution in [1.82, 2.24) is 10.2 Å². The molecule has 1 atom stereocenters. The molecule has 1 unspecified atom stereocenters. The van der Waals surface area contributed by atoms with Crippen LogP contribution in [0.15, 0.2) is 77.7 Å². The third-order valence-electron chi connectivity index (χ3n) is 8.27. The quantitative estimate of drug-likeness (QED) is 0.294. The lowest BCUT2D eigenvalue weighted by atomic mass is 9.95. The molecular formula is C34H43N3O4S. The van der Waals surface area contributed by atoms with Crippen LogP contribution >= 0.6 is 0 Å². The zero-order valence-corrected chi connectivity index (χ0v) is 26.0. The molecule has 0 saturated heterocycles. The van der Waals surface area contributed by atoms with Crippen molar-refractivity contribution < 1.29 is 18.0 Å². The van der Waals surface area contributed by atoms with Gasteiger partial charge in [0.2, 0.25) is 11.8 Å². The number of benzene rings is 3. The molecule has 1 aliphatic carbocycles. The van der Waals surface area contributed by atoms with Crippen molar-refractivity contribution in [3.63, 3.8) is 0 Å². The predicted octanol–water partition coefficient (Wildman–Crippen LogP) is 6.06. The van der Waals surface area contributed by atoms with Crippen molar-refractivity contribution >= 4 is 27.5 Å². The normalized spacial score (nSPS) is 14.7. The van der Waals surface area contributed by atoms with Gasteiger partial charge in [0, 0.05) is 12.6 Å². The largest absolute Gasteiger partial charge is 0.352 e. The third kappa shape index (κ3) is 7.40. The Morgan fingerprint density at radius 2 is 1.55 bits per heavy atom. The molecule has 4 rings (SSSR count). The highest BCUT2D eigenvalue weighted by Crippen LogP contribution is 2.29. The number of nitrogens with zero attached hydrogens (tertiary/aromatic N) is 2. The van der Waals surface area contributed by atoms with Gasteiger partial charge >= 0.3 is 0 Å². The average molecular weight is 590 g/mol. The molecular weight excluding hydrogens is 546 g/mol. The first-order chi connectivity index (χ1) is 20.1. The maximum atomic E-state index is 14.3. The highest BCUT2D eigenvalue weighted by atomic mass is 32.2. The lowest BCUT2D eigenvalue weighted by Crippen LogP contribution is -2.54. The summed E-state index contributed by atoms with van der Waals surface area (Å²) in [5.74, 6) is -0.616. The zero-order valence-electron chi connectivity index (χ0n) is 25.2. The number of hydrogen-bond donors (Lipinski definition) is 1. The van der Waals surface area contributed by atoms with E-state index in [2.05, 4.69) is 5.32 Å². The number of carbonyl (C=O) groups is 2. The maximum Gasteiger partial charge on any atom is 0.264 e. The Labute approximate surface area is 251 Å². The molecule has 0 aromatic heterocycles. The molecule has 224 valence electrons. The maximum absolute atomic E-state index is 14.3. The molecule has 2 amide bonds. The first-order valence-corrected chi connectivity index (χ1v) is 16.3. The Hall–Kier alpha value is -3.65. The minimum Gasteiger partial charge on any atom is -0.352 e. The van der Waals surface area contributed by atoms with Gasteiger partial charge in [0.05, 0.1) is 10.6 Å². The van der Waals surface area contributed by atoms with Gasteiger partial charge in [-0.1, -0.05) is 86.3 Å². The van der Waals surface area contributed by atoms with Gasteiger partial charge in [0.15, 0.2) is 0 Å². The Kier molecular flexibility index (Phi) is 10.4. The SMILES string of the molecule is CCC(C(=O)NC1CCCCC1)N(Cc1ccccc1)C(=O)CN(c1cccc(C)c1C)S(=O)(=O)c1ccc(C)cc1. The Morgan fingerprint density at radius 1 is 0.881 bits per heavy atom. The Morgan fingerprint density at radius 3 is 2.19 bits per heavy atom. The number of aryl methyl sites for hydroxylation is 2. The fourth-order valence-electron chi connectivity index (χ4n) is 5.60. The van der Waals surface area contributed by atoms with E-state index in [-0.39, 0.29) is 23.4 Å². The number of amides is 2. The van der Waals surface area contributed by atoms with Gasteiger partial charge in [-0.25, -0.2) is 8.42 Å². The van der Waals surface area contributed by atoms with Crippen molar-refractivity contribution in [3.8, 4) is 0 Å². The van der Waals surface area contributed by atoms with Gasteiger partial charge in [-0.2, -0.15) is 0 Å². The fourth-order valence-corrected chi connectivity index (χ4v) is 7.07. The second-order valence-electron chi connectivity index (χ2n) is 11.3. The van der Waals surface area contributed by atoms with Gasteiger partial charge in [-0.05, 0) is 74.9 Å².